The summed E-state index contributed by atoms with van der Waals surface area (Å²) in [6.07, 6.45) is 7.16. The van der Waals surface area contributed by atoms with E-state index < -0.39 is 23.8 Å². The maximum absolute atomic E-state index is 11.1. The maximum Gasteiger partial charge on any atom is 0.333 e. The highest BCUT2D eigenvalue weighted by atomic mass is 16.5. The van der Waals surface area contributed by atoms with Crippen LogP contribution < -0.4 is 0 Å². The van der Waals surface area contributed by atoms with Gasteiger partial charge in [0, 0.05) is 5.57 Å². The number of carboxylic acids is 2. The van der Waals surface area contributed by atoms with Crippen LogP contribution in [0.2, 0.25) is 0 Å². The van der Waals surface area contributed by atoms with E-state index in [9.17, 15) is 14.4 Å². The second kappa shape index (κ2) is 10.6. The smallest absolute Gasteiger partial charge is 0.333 e. The fraction of sp³-hybridized carbons (Fsp3) is 0.773. The largest absolute Gasteiger partial charge is 0.481 e. The molecule has 2 rings (SSSR count). The molecule has 160 valence electrons. The molecular formula is C22H36O6. The van der Waals surface area contributed by atoms with Gasteiger partial charge in [-0.3, -0.25) is 9.59 Å². The molecule has 0 saturated heterocycles. The first kappa shape index (κ1) is 24.2. The van der Waals surface area contributed by atoms with Crippen molar-refractivity contribution in [2.24, 2.45) is 29.1 Å². The summed E-state index contributed by atoms with van der Waals surface area (Å²) in [6, 6.07) is 0. The molecule has 4 atom stereocenters. The fourth-order valence-electron chi connectivity index (χ4n) is 4.92. The summed E-state index contributed by atoms with van der Waals surface area (Å²) in [6.45, 7) is 12.1. The summed E-state index contributed by atoms with van der Waals surface area (Å²) in [5, 5.41) is 18.2. The summed E-state index contributed by atoms with van der Waals surface area (Å²) in [4.78, 5) is 33.3. The Morgan fingerprint density at radius 2 is 1.46 bits per heavy atom. The van der Waals surface area contributed by atoms with E-state index in [-0.39, 0.29) is 23.2 Å². The predicted octanol–water partition coefficient (Wildman–Crippen LogP) is 4.53. The van der Waals surface area contributed by atoms with Gasteiger partial charge in [0.1, 0.15) is 0 Å². The van der Waals surface area contributed by atoms with Crippen molar-refractivity contribution >= 4 is 17.9 Å². The molecule has 0 radical (unpaired) electrons. The number of esters is 1. The molecule has 4 unspecified atom stereocenters. The van der Waals surface area contributed by atoms with Crippen molar-refractivity contribution in [2.45, 2.75) is 72.6 Å². The van der Waals surface area contributed by atoms with Crippen LogP contribution in [0, 0.1) is 29.1 Å². The van der Waals surface area contributed by atoms with Crippen molar-refractivity contribution in [3.05, 3.63) is 12.2 Å². The number of carbonyl (C=O) groups is 3. The van der Waals surface area contributed by atoms with Gasteiger partial charge in [-0.05, 0) is 49.9 Å². The van der Waals surface area contributed by atoms with Crippen LogP contribution in [0.4, 0.5) is 0 Å². The van der Waals surface area contributed by atoms with E-state index in [0.717, 1.165) is 25.7 Å². The van der Waals surface area contributed by atoms with Crippen molar-refractivity contribution in [1.82, 2.24) is 0 Å². The van der Waals surface area contributed by atoms with Crippen LogP contribution in [0.25, 0.3) is 0 Å². The van der Waals surface area contributed by atoms with Gasteiger partial charge in [-0.25, -0.2) is 4.79 Å². The highest BCUT2D eigenvalue weighted by molar-refractivity contribution is 5.87. The number of hydrogen-bond acceptors (Lipinski definition) is 4. The zero-order chi connectivity index (χ0) is 21.5. The van der Waals surface area contributed by atoms with E-state index in [1.54, 1.807) is 0 Å². The van der Waals surface area contributed by atoms with E-state index in [1.807, 2.05) is 20.8 Å². The molecule has 2 N–H and O–H groups in total. The second-order valence-electron chi connectivity index (χ2n) is 8.47. The van der Waals surface area contributed by atoms with E-state index in [0.29, 0.717) is 12.2 Å². The number of hydrogen-bond donors (Lipinski definition) is 2. The van der Waals surface area contributed by atoms with Gasteiger partial charge in [0.05, 0.1) is 18.4 Å². The van der Waals surface area contributed by atoms with Gasteiger partial charge in [0.15, 0.2) is 0 Å². The van der Waals surface area contributed by atoms with Crippen LogP contribution in [0.15, 0.2) is 12.2 Å². The zero-order valence-electron chi connectivity index (χ0n) is 17.7. The van der Waals surface area contributed by atoms with Crippen LogP contribution in [0.1, 0.15) is 72.6 Å². The van der Waals surface area contributed by atoms with Crippen molar-refractivity contribution in [3.8, 4) is 0 Å². The lowest BCUT2D eigenvalue weighted by atomic mass is 9.79. The third-order valence-corrected chi connectivity index (χ3v) is 6.42. The molecule has 0 heterocycles. The van der Waals surface area contributed by atoms with Crippen molar-refractivity contribution in [2.75, 3.05) is 6.61 Å². The number of aliphatic carboxylic acids is 2. The number of unbranched alkanes of at least 4 members (excludes halogenated alkanes) is 3. The van der Waals surface area contributed by atoms with Crippen molar-refractivity contribution in [3.63, 3.8) is 0 Å². The predicted molar refractivity (Wildman–Crippen MR) is 107 cm³/mol. The molecule has 6 nitrogen and oxygen atoms in total. The van der Waals surface area contributed by atoms with E-state index in [1.165, 1.54) is 19.3 Å². The fourth-order valence-corrected chi connectivity index (χ4v) is 4.92. The van der Waals surface area contributed by atoms with Crippen LogP contribution in [-0.2, 0) is 19.1 Å². The lowest BCUT2D eigenvalue weighted by Crippen LogP contribution is -2.34. The van der Waals surface area contributed by atoms with Gasteiger partial charge in [-0.1, -0.05) is 46.6 Å². The summed E-state index contributed by atoms with van der Waals surface area (Å²) in [5.41, 5.74) is 0.476. The Morgan fingerprint density at radius 3 is 1.86 bits per heavy atom. The molecule has 2 bridgehead atoms. The van der Waals surface area contributed by atoms with Crippen LogP contribution in [0.5, 0.6) is 0 Å². The zero-order valence-corrected chi connectivity index (χ0v) is 17.7. The highest BCUT2D eigenvalue weighted by Crippen LogP contribution is 2.63. The number of carbonyl (C=O) groups excluding carboxylic acids is 1. The minimum atomic E-state index is -0.942. The Morgan fingerprint density at radius 1 is 0.964 bits per heavy atom. The molecule has 0 aromatic carbocycles. The summed E-state index contributed by atoms with van der Waals surface area (Å²) in [5.74, 6) is -3.43. The molecule has 0 aromatic rings. The SMILES string of the molecule is C=C(CCCCCC)C(=O)OCC.CC1(C)C2CCC1C(C(=O)O)C2C(=O)O. The molecule has 6 heteroatoms. The monoisotopic (exact) mass is 396 g/mol. The van der Waals surface area contributed by atoms with Gasteiger partial charge in [-0.15, -0.1) is 0 Å². The third-order valence-electron chi connectivity index (χ3n) is 6.42. The van der Waals surface area contributed by atoms with Crippen molar-refractivity contribution in [1.29, 1.82) is 0 Å². The van der Waals surface area contributed by atoms with Gasteiger partial charge in [0.25, 0.3) is 0 Å². The minimum Gasteiger partial charge on any atom is -0.481 e. The van der Waals surface area contributed by atoms with Gasteiger partial charge >= 0.3 is 17.9 Å². The molecule has 2 fully saturated rings. The molecule has 2 aliphatic rings. The van der Waals surface area contributed by atoms with E-state index in [4.69, 9.17) is 14.9 Å². The van der Waals surface area contributed by atoms with Gasteiger partial charge < -0.3 is 14.9 Å². The quantitative estimate of drug-likeness (QED) is 0.337. The molecule has 2 aliphatic carbocycles. The summed E-state index contributed by atoms with van der Waals surface area (Å²) in [7, 11) is 0. The second-order valence-corrected chi connectivity index (χ2v) is 8.47. The average molecular weight is 397 g/mol. The molecule has 0 spiro atoms. The lowest BCUT2D eigenvalue weighted by molar-refractivity contribution is -0.156. The first-order chi connectivity index (χ1) is 13.1. The molecule has 0 amide bonds. The molecule has 28 heavy (non-hydrogen) atoms. The maximum atomic E-state index is 11.1. The Bertz CT molecular complexity index is 550. The summed E-state index contributed by atoms with van der Waals surface area (Å²) >= 11 is 0. The Hall–Kier alpha value is -1.85. The standard InChI is InChI=1S/C11H16O4.C11H20O2/c1-11(2)5-3-4-6(11)8(10(14)15)7(5)9(12)13;1-4-6-7-8-9-10(3)11(12)13-5-2/h5-8H,3-4H2,1-2H3,(H,12,13)(H,14,15);3-9H2,1-2H3. The molecule has 0 aliphatic heterocycles. The summed E-state index contributed by atoms with van der Waals surface area (Å²) < 4.78 is 4.82. The number of carboxylic acid groups (broad SMARTS) is 2. The topological polar surface area (TPSA) is 101 Å². The molecular weight excluding hydrogens is 360 g/mol. The van der Waals surface area contributed by atoms with Gasteiger partial charge in [-0.2, -0.15) is 0 Å². The number of ether oxygens (including phenoxy) is 1. The number of fused-ring (bicyclic) bond motifs is 2. The molecule has 2 saturated carbocycles. The Labute approximate surface area is 168 Å². The molecule has 0 aromatic heterocycles. The van der Waals surface area contributed by atoms with Crippen LogP contribution in [0.3, 0.4) is 0 Å². The van der Waals surface area contributed by atoms with Gasteiger partial charge in [0.2, 0.25) is 0 Å². The first-order valence-corrected chi connectivity index (χ1v) is 10.4. The average Bonchev–Trinajstić information content (AvgIpc) is 3.04. The third kappa shape index (κ3) is 5.58. The van der Waals surface area contributed by atoms with Crippen LogP contribution >= 0.6 is 0 Å². The lowest BCUT2D eigenvalue weighted by Gasteiger charge is -2.24. The Kier molecular flexibility index (Phi) is 9.18. The van der Waals surface area contributed by atoms with Crippen LogP contribution in [-0.4, -0.2) is 34.7 Å². The highest BCUT2D eigenvalue weighted by Gasteiger charge is 2.63. The van der Waals surface area contributed by atoms with Crippen molar-refractivity contribution < 1.29 is 29.3 Å². The first-order valence-electron chi connectivity index (χ1n) is 10.4. The number of rotatable bonds is 9. The van der Waals surface area contributed by atoms with E-state index in [2.05, 4.69) is 13.5 Å². The minimum absolute atomic E-state index is 0.0288. The van der Waals surface area contributed by atoms with E-state index >= 15 is 0 Å². The Balaban J connectivity index is 0.000000284. The normalized spacial score (nSPS) is 26.9.